The van der Waals surface area contributed by atoms with Crippen LogP contribution in [0.1, 0.15) is 26.7 Å². The van der Waals surface area contributed by atoms with Gasteiger partial charge in [-0.05, 0) is 39.8 Å². The van der Waals surface area contributed by atoms with Gasteiger partial charge in [0.2, 0.25) is 0 Å². The fraction of sp³-hybridized carbons (Fsp3) is 1.00. The zero-order chi connectivity index (χ0) is 10.7. The van der Waals surface area contributed by atoms with Crippen LogP contribution in [0.15, 0.2) is 0 Å². The molecule has 15 heavy (non-hydrogen) atoms. The second-order valence-corrected chi connectivity index (χ2v) is 5.14. The Kier molecular flexibility index (Phi) is 4.00. The van der Waals surface area contributed by atoms with Crippen LogP contribution in [0.3, 0.4) is 0 Å². The summed E-state index contributed by atoms with van der Waals surface area (Å²) in [5, 5.41) is 3.49. The van der Waals surface area contributed by atoms with Crippen LogP contribution in [0.4, 0.5) is 0 Å². The van der Waals surface area contributed by atoms with Crippen molar-refractivity contribution in [1.29, 1.82) is 0 Å². The summed E-state index contributed by atoms with van der Waals surface area (Å²) in [6.07, 6.45) is 2.82. The first-order valence-corrected chi connectivity index (χ1v) is 6.46. The van der Waals surface area contributed by atoms with Crippen LogP contribution in [-0.2, 0) is 0 Å². The monoisotopic (exact) mass is 211 g/mol. The molecule has 2 unspecified atom stereocenters. The predicted octanol–water partition coefficient (Wildman–Crippen LogP) is 0.764. The lowest BCUT2D eigenvalue weighted by Gasteiger charge is -2.40. The normalized spacial score (nSPS) is 34.8. The summed E-state index contributed by atoms with van der Waals surface area (Å²) in [6.45, 7) is 12.2. The van der Waals surface area contributed by atoms with Crippen LogP contribution < -0.4 is 5.32 Å². The van der Waals surface area contributed by atoms with Crippen LogP contribution in [0.5, 0.6) is 0 Å². The molecule has 2 aliphatic rings. The van der Waals surface area contributed by atoms with Gasteiger partial charge in [-0.2, -0.15) is 0 Å². The Balaban J connectivity index is 1.75. The number of hydrogen-bond donors (Lipinski definition) is 1. The van der Waals surface area contributed by atoms with Crippen molar-refractivity contribution in [2.75, 3.05) is 39.3 Å². The van der Waals surface area contributed by atoms with Crippen molar-refractivity contribution in [3.63, 3.8) is 0 Å². The van der Waals surface area contributed by atoms with E-state index in [0.717, 1.165) is 13.1 Å². The molecule has 2 rings (SSSR count). The van der Waals surface area contributed by atoms with Crippen molar-refractivity contribution in [3.05, 3.63) is 0 Å². The summed E-state index contributed by atoms with van der Waals surface area (Å²) in [5.41, 5.74) is 0. The van der Waals surface area contributed by atoms with Crippen molar-refractivity contribution in [3.8, 4) is 0 Å². The minimum Gasteiger partial charge on any atom is -0.314 e. The van der Waals surface area contributed by atoms with E-state index in [9.17, 15) is 0 Å². The van der Waals surface area contributed by atoms with Crippen LogP contribution in [-0.4, -0.2) is 61.2 Å². The number of rotatable bonds is 3. The smallest absolute Gasteiger partial charge is 0.0196 e. The Hall–Kier alpha value is -0.120. The molecule has 0 aromatic heterocycles. The van der Waals surface area contributed by atoms with Gasteiger partial charge in [-0.15, -0.1) is 0 Å². The van der Waals surface area contributed by atoms with E-state index in [4.69, 9.17) is 0 Å². The number of nitrogens with zero attached hydrogens (tertiary/aromatic N) is 2. The molecule has 3 heteroatoms. The number of hydrogen-bond acceptors (Lipinski definition) is 3. The molecule has 0 aliphatic carbocycles. The van der Waals surface area contributed by atoms with E-state index < -0.39 is 0 Å². The molecule has 0 spiro atoms. The maximum absolute atomic E-state index is 3.49. The van der Waals surface area contributed by atoms with Gasteiger partial charge in [-0.1, -0.05) is 0 Å². The highest BCUT2D eigenvalue weighted by Crippen LogP contribution is 2.11. The lowest BCUT2D eigenvalue weighted by Crippen LogP contribution is -2.56. The highest BCUT2D eigenvalue weighted by atomic mass is 15.3. The third-order valence-electron chi connectivity index (χ3n) is 3.88. The molecule has 2 saturated heterocycles. The van der Waals surface area contributed by atoms with Gasteiger partial charge < -0.3 is 10.2 Å². The highest BCUT2D eigenvalue weighted by molar-refractivity contribution is 4.83. The first-order valence-electron chi connectivity index (χ1n) is 6.46. The molecule has 88 valence electrons. The molecule has 3 nitrogen and oxygen atoms in total. The highest BCUT2D eigenvalue weighted by Gasteiger charge is 2.24. The van der Waals surface area contributed by atoms with Crippen molar-refractivity contribution in [2.45, 2.75) is 38.8 Å². The summed E-state index contributed by atoms with van der Waals surface area (Å²) in [6, 6.07) is 1.41. The average Bonchev–Trinajstić information content (AvgIpc) is 2.70. The van der Waals surface area contributed by atoms with Gasteiger partial charge in [0.25, 0.3) is 0 Å². The maximum Gasteiger partial charge on any atom is 0.0196 e. The third kappa shape index (κ3) is 2.92. The Morgan fingerprint density at radius 1 is 1.00 bits per heavy atom. The van der Waals surface area contributed by atoms with Gasteiger partial charge in [0.15, 0.2) is 0 Å². The SMILES string of the molecule is CC1CNCC(C)N1CCN1CCCC1. The zero-order valence-electron chi connectivity index (χ0n) is 10.2. The first-order chi connectivity index (χ1) is 7.27. The molecule has 2 atom stereocenters. The Morgan fingerprint density at radius 3 is 2.20 bits per heavy atom. The summed E-state index contributed by atoms with van der Waals surface area (Å²) in [5.74, 6) is 0. The van der Waals surface area contributed by atoms with Gasteiger partial charge in [0, 0.05) is 38.3 Å². The summed E-state index contributed by atoms with van der Waals surface area (Å²) >= 11 is 0. The topological polar surface area (TPSA) is 18.5 Å². The Morgan fingerprint density at radius 2 is 1.60 bits per heavy atom. The molecular weight excluding hydrogens is 186 g/mol. The molecule has 2 fully saturated rings. The van der Waals surface area contributed by atoms with Crippen molar-refractivity contribution < 1.29 is 0 Å². The third-order valence-corrected chi connectivity index (χ3v) is 3.88. The second-order valence-electron chi connectivity index (χ2n) is 5.14. The Bertz CT molecular complexity index is 179. The molecule has 0 saturated carbocycles. The van der Waals surface area contributed by atoms with E-state index in [1.54, 1.807) is 0 Å². The molecular formula is C12H25N3. The lowest BCUT2D eigenvalue weighted by atomic mass is 10.1. The van der Waals surface area contributed by atoms with Crippen LogP contribution in [0, 0.1) is 0 Å². The fourth-order valence-corrected chi connectivity index (χ4v) is 2.87. The molecule has 0 aromatic carbocycles. The minimum absolute atomic E-state index is 0.705. The largest absolute Gasteiger partial charge is 0.314 e. The number of piperazine rings is 1. The average molecular weight is 211 g/mol. The van der Waals surface area contributed by atoms with E-state index in [-0.39, 0.29) is 0 Å². The van der Waals surface area contributed by atoms with E-state index in [1.165, 1.54) is 39.0 Å². The van der Waals surface area contributed by atoms with Gasteiger partial charge >= 0.3 is 0 Å². The molecule has 0 aromatic rings. The van der Waals surface area contributed by atoms with Gasteiger partial charge in [0.1, 0.15) is 0 Å². The minimum atomic E-state index is 0.705. The lowest BCUT2D eigenvalue weighted by molar-refractivity contribution is 0.104. The zero-order valence-corrected chi connectivity index (χ0v) is 10.2. The molecule has 2 aliphatic heterocycles. The van der Waals surface area contributed by atoms with Gasteiger partial charge in [0.05, 0.1) is 0 Å². The van der Waals surface area contributed by atoms with Crippen molar-refractivity contribution >= 4 is 0 Å². The Labute approximate surface area is 93.8 Å². The van der Waals surface area contributed by atoms with E-state index in [2.05, 4.69) is 29.0 Å². The molecule has 2 heterocycles. The fourth-order valence-electron chi connectivity index (χ4n) is 2.87. The van der Waals surface area contributed by atoms with E-state index in [1.807, 2.05) is 0 Å². The molecule has 0 bridgehead atoms. The van der Waals surface area contributed by atoms with E-state index >= 15 is 0 Å². The van der Waals surface area contributed by atoms with Crippen LogP contribution >= 0.6 is 0 Å². The molecule has 0 radical (unpaired) electrons. The summed E-state index contributed by atoms with van der Waals surface area (Å²) < 4.78 is 0. The van der Waals surface area contributed by atoms with Gasteiger partial charge in [-0.25, -0.2) is 0 Å². The van der Waals surface area contributed by atoms with Gasteiger partial charge in [-0.3, -0.25) is 4.90 Å². The van der Waals surface area contributed by atoms with Crippen LogP contribution in [0.2, 0.25) is 0 Å². The molecule has 0 amide bonds. The van der Waals surface area contributed by atoms with Crippen molar-refractivity contribution in [1.82, 2.24) is 15.1 Å². The summed E-state index contributed by atoms with van der Waals surface area (Å²) in [7, 11) is 0. The van der Waals surface area contributed by atoms with Crippen LogP contribution in [0.25, 0.3) is 0 Å². The quantitative estimate of drug-likeness (QED) is 0.744. The molecule has 1 N–H and O–H groups in total. The standard InChI is InChI=1S/C12H25N3/c1-11-9-13-10-12(2)15(11)8-7-14-5-3-4-6-14/h11-13H,3-10H2,1-2H3. The first kappa shape index (κ1) is 11.4. The predicted molar refractivity (Wildman–Crippen MR) is 64.2 cm³/mol. The summed E-state index contributed by atoms with van der Waals surface area (Å²) in [4.78, 5) is 5.27. The van der Waals surface area contributed by atoms with Crippen molar-refractivity contribution in [2.24, 2.45) is 0 Å². The maximum atomic E-state index is 3.49. The number of likely N-dealkylation sites (tertiary alicyclic amines) is 1. The second kappa shape index (κ2) is 5.28. The van der Waals surface area contributed by atoms with E-state index in [0.29, 0.717) is 12.1 Å². The number of nitrogens with one attached hydrogen (secondary N) is 1.